The van der Waals surface area contributed by atoms with Crippen LogP contribution in [0.5, 0.6) is 0 Å². The molecule has 0 saturated carbocycles. The molecule has 1 saturated heterocycles. The van der Waals surface area contributed by atoms with Gasteiger partial charge in [0.25, 0.3) is 5.91 Å². The average molecular weight is 233 g/mol. The van der Waals surface area contributed by atoms with E-state index in [0.717, 1.165) is 0 Å². The van der Waals surface area contributed by atoms with Crippen molar-refractivity contribution in [3.63, 3.8) is 0 Å². The first kappa shape index (κ1) is 11.7. The summed E-state index contributed by atoms with van der Waals surface area (Å²) in [5.74, 6) is -0.829. The number of rotatable bonds is 3. The van der Waals surface area contributed by atoms with Gasteiger partial charge in [-0.05, 0) is 12.7 Å². The van der Waals surface area contributed by atoms with Crippen LogP contribution in [0.3, 0.4) is 0 Å². The molecular weight excluding hydrogens is 221 g/mol. The molecule has 3 N–H and O–H groups in total. The fraction of sp³-hybridized carbons (Fsp3) is 0.500. The molecule has 1 spiro atoms. The smallest absolute Gasteiger partial charge is 0.322 e. The highest BCUT2D eigenvalue weighted by Crippen LogP contribution is 2.31. The summed E-state index contributed by atoms with van der Waals surface area (Å²) in [5.41, 5.74) is -1.01. The van der Waals surface area contributed by atoms with Gasteiger partial charge >= 0.3 is 6.03 Å². The van der Waals surface area contributed by atoms with Crippen molar-refractivity contribution in [2.45, 2.75) is 18.3 Å². The third-order valence-electron chi connectivity index (χ3n) is 3.10. The van der Waals surface area contributed by atoms with E-state index in [0.29, 0.717) is 13.0 Å². The molecule has 1 fully saturated rings. The predicted octanol–water partition coefficient (Wildman–Crippen LogP) is -1.16. The van der Waals surface area contributed by atoms with Gasteiger partial charge in [-0.15, -0.1) is 0 Å². The Kier molecular flexibility index (Phi) is 2.91. The molecule has 1 aliphatic carbocycles. The third kappa shape index (κ3) is 1.92. The summed E-state index contributed by atoms with van der Waals surface area (Å²) >= 11 is 0. The maximum Gasteiger partial charge on any atom is 0.322 e. The number of allylic oxidation sites excluding steroid dienone is 1. The molecule has 2 unspecified atom stereocenters. The Morgan fingerprint density at radius 1 is 1.59 bits per heavy atom. The minimum Gasteiger partial charge on any atom is -0.356 e. The first-order chi connectivity index (χ1) is 8.08. The van der Waals surface area contributed by atoms with Crippen molar-refractivity contribution in [1.29, 1.82) is 0 Å². The number of amides is 4. The second kappa shape index (κ2) is 4.23. The molecule has 88 valence electrons. The molecule has 0 aromatic rings. The van der Waals surface area contributed by atoms with Crippen molar-refractivity contribution in [2.75, 3.05) is 6.54 Å². The molecule has 17 heavy (non-hydrogen) atoms. The van der Waals surface area contributed by atoms with Gasteiger partial charge in [0.2, 0.25) is 5.91 Å². The van der Waals surface area contributed by atoms with Gasteiger partial charge in [-0.2, -0.15) is 0 Å². The molecule has 1 heterocycles. The molecule has 4 amide bonds. The Morgan fingerprint density at radius 3 is 2.94 bits per heavy atom. The second-order valence-corrected chi connectivity index (χ2v) is 4.12. The van der Waals surface area contributed by atoms with E-state index in [2.05, 4.69) is 16.0 Å². The molecule has 0 aromatic heterocycles. The van der Waals surface area contributed by atoms with Crippen LogP contribution in [-0.2, 0) is 9.59 Å². The zero-order valence-corrected chi connectivity index (χ0v) is 9.16. The summed E-state index contributed by atoms with van der Waals surface area (Å²) in [5, 5.41) is 7.43. The number of nitrogens with one attached hydrogen (secondary N) is 3. The van der Waals surface area contributed by atoms with E-state index in [4.69, 9.17) is 7.85 Å². The summed E-state index contributed by atoms with van der Waals surface area (Å²) < 4.78 is 0. The highest BCUT2D eigenvalue weighted by Gasteiger charge is 2.51. The minimum absolute atomic E-state index is 0.0916. The SMILES string of the molecule is [B]CC(=O)NCC1CC=CC12NC(=O)NC2=O. The summed E-state index contributed by atoms with van der Waals surface area (Å²) in [6.45, 7) is 0.302. The summed E-state index contributed by atoms with van der Waals surface area (Å²) in [7, 11) is 5.17. The molecule has 1 aliphatic heterocycles. The molecule has 7 heteroatoms. The van der Waals surface area contributed by atoms with Gasteiger partial charge in [0.1, 0.15) is 5.54 Å². The molecule has 0 aromatic carbocycles. The lowest BCUT2D eigenvalue weighted by atomic mass is 9.87. The van der Waals surface area contributed by atoms with Gasteiger partial charge in [0.15, 0.2) is 0 Å². The summed E-state index contributed by atoms with van der Waals surface area (Å²) in [6.07, 6.45) is 4.03. The van der Waals surface area contributed by atoms with Crippen molar-refractivity contribution in [3.8, 4) is 0 Å². The minimum atomic E-state index is -1.01. The number of hydrogen-bond donors (Lipinski definition) is 3. The molecule has 2 radical (unpaired) electrons. The molecular formula is C10H12BN3O3. The van der Waals surface area contributed by atoms with Crippen molar-refractivity contribution in [1.82, 2.24) is 16.0 Å². The van der Waals surface area contributed by atoms with Crippen LogP contribution in [-0.4, -0.2) is 37.8 Å². The van der Waals surface area contributed by atoms with Gasteiger partial charge in [0.05, 0.1) is 7.85 Å². The van der Waals surface area contributed by atoms with Crippen LogP contribution in [0.1, 0.15) is 6.42 Å². The van der Waals surface area contributed by atoms with Crippen LogP contribution in [0.25, 0.3) is 0 Å². The second-order valence-electron chi connectivity index (χ2n) is 4.12. The van der Waals surface area contributed by atoms with Crippen LogP contribution in [0.4, 0.5) is 4.79 Å². The summed E-state index contributed by atoms with van der Waals surface area (Å²) in [4.78, 5) is 34.0. The van der Waals surface area contributed by atoms with Crippen molar-refractivity contribution in [3.05, 3.63) is 12.2 Å². The van der Waals surface area contributed by atoms with Gasteiger partial charge in [-0.25, -0.2) is 4.79 Å². The highest BCUT2D eigenvalue weighted by atomic mass is 16.2. The largest absolute Gasteiger partial charge is 0.356 e. The highest BCUT2D eigenvalue weighted by molar-refractivity contribution is 6.19. The maximum absolute atomic E-state index is 11.8. The first-order valence-electron chi connectivity index (χ1n) is 5.36. The van der Waals surface area contributed by atoms with E-state index in [9.17, 15) is 14.4 Å². The summed E-state index contributed by atoms with van der Waals surface area (Å²) in [6, 6.07) is -0.503. The van der Waals surface area contributed by atoms with Gasteiger partial charge < -0.3 is 10.6 Å². The average Bonchev–Trinajstić information content (AvgIpc) is 2.81. The van der Waals surface area contributed by atoms with Crippen LogP contribution < -0.4 is 16.0 Å². The normalized spacial score (nSPS) is 30.5. The van der Waals surface area contributed by atoms with Gasteiger partial charge in [-0.3, -0.25) is 14.9 Å². The standard InChI is InChI=1S/C10H12BN3O3/c11-4-7(15)12-5-6-2-1-3-10(6)8(16)13-9(17)14-10/h1,3,6H,2,4-5H2,(H,12,15)(H2,13,14,16,17). The topological polar surface area (TPSA) is 87.3 Å². The van der Waals surface area contributed by atoms with Crippen LogP contribution >= 0.6 is 0 Å². The fourth-order valence-electron chi connectivity index (χ4n) is 2.18. The van der Waals surface area contributed by atoms with E-state index in [-0.39, 0.29) is 24.1 Å². The van der Waals surface area contributed by atoms with E-state index in [1.54, 1.807) is 6.08 Å². The third-order valence-corrected chi connectivity index (χ3v) is 3.10. The van der Waals surface area contributed by atoms with Gasteiger partial charge in [0, 0.05) is 12.5 Å². The number of urea groups is 1. The van der Waals surface area contributed by atoms with Crippen molar-refractivity contribution in [2.24, 2.45) is 5.92 Å². The maximum atomic E-state index is 11.8. The molecule has 2 aliphatic rings. The molecule has 0 bridgehead atoms. The van der Waals surface area contributed by atoms with E-state index in [1.165, 1.54) is 0 Å². The predicted molar refractivity (Wildman–Crippen MR) is 60.2 cm³/mol. The Morgan fingerprint density at radius 2 is 2.35 bits per heavy atom. The molecule has 6 nitrogen and oxygen atoms in total. The first-order valence-corrected chi connectivity index (χ1v) is 5.36. The number of imide groups is 1. The lowest BCUT2D eigenvalue weighted by Gasteiger charge is -2.27. The van der Waals surface area contributed by atoms with Crippen LogP contribution in [0.15, 0.2) is 12.2 Å². The van der Waals surface area contributed by atoms with Crippen LogP contribution in [0, 0.1) is 5.92 Å². The van der Waals surface area contributed by atoms with E-state index < -0.39 is 11.6 Å². The number of carbonyl (C=O) groups is 3. The van der Waals surface area contributed by atoms with Crippen LogP contribution in [0.2, 0.25) is 6.32 Å². The lowest BCUT2D eigenvalue weighted by Crippen LogP contribution is -2.52. The molecule has 2 rings (SSSR count). The Labute approximate surface area is 99.6 Å². The Balaban J connectivity index is 2.06. The van der Waals surface area contributed by atoms with E-state index >= 15 is 0 Å². The van der Waals surface area contributed by atoms with Gasteiger partial charge in [-0.1, -0.05) is 12.2 Å². The molecule has 2 atom stereocenters. The quantitative estimate of drug-likeness (QED) is 0.326. The van der Waals surface area contributed by atoms with E-state index in [1.807, 2.05) is 6.08 Å². The Hall–Kier alpha value is -1.79. The van der Waals surface area contributed by atoms with Crippen molar-refractivity contribution < 1.29 is 14.4 Å². The zero-order valence-electron chi connectivity index (χ0n) is 9.16. The number of hydrogen-bond acceptors (Lipinski definition) is 3. The monoisotopic (exact) mass is 233 g/mol. The lowest BCUT2D eigenvalue weighted by molar-refractivity contribution is -0.124. The fourth-order valence-corrected chi connectivity index (χ4v) is 2.18. The van der Waals surface area contributed by atoms with Crippen molar-refractivity contribution >= 4 is 25.7 Å². The zero-order chi connectivity index (χ0) is 12.5. The Bertz CT molecular complexity index is 410. The number of carbonyl (C=O) groups excluding carboxylic acids is 3.